The van der Waals surface area contributed by atoms with Gasteiger partial charge in [-0.15, -0.1) is 12.4 Å². The van der Waals surface area contributed by atoms with Gasteiger partial charge in [0, 0.05) is 25.3 Å². The molecule has 2 heterocycles. The third-order valence-electron chi connectivity index (χ3n) is 6.53. The lowest BCUT2D eigenvalue weighted by atomic mass is 10.0. The van der Waals surface area contributed by atoms with Crippen LogP contribution in [0.4, 0.5) is 11.5 Å². The Kier molecular flexibility index (Phi) is 8.73. The molecule has 3 aromatic carbocycles. The number of hydrogen-bond acceptors (Lipinski definition) is 9. The zero-order chi connectivity index (χ0) is 26.7. The molecular weight excluding hydrogens is 544 g/mol. The van der Waals surface area contributed by atoms with E-state index in [1.165, 1.54) is 21.3 Å². The van der Waals surface area contributed by atoms with Crippen molar-refractivity contribution in [3.63, 3.8) is 0 Å². The van der Waals surface area contributed by atoms with E-state index in [0.717, 1.165) is 49.4 Å². The quantitative estimate of drug-likeness (QED) is 0.313. The zero-order valence-electron chi connectivity index (χ0n) is 21.9. The number of sulfonamides is 1. The van der Waals surface area contributed by atoms with Gasteiger partial charge < -0.3 is 29.0 Å². The van der Waals surface area contributed by atoms with Crippen molar-refractivity contribution in [3.8, 4) is 28.4 Å². The summed E-state index contributed by atoms with van der Waals surface area (Å²) in [5.74, 6) is 0.702. The number of ether oxygens (including phenoxy) is 3. The molecule has 0 unspecified atom stereocenters. The second-order valence-corrected chi connectivity index (χ2v) is 10.4. The van der Waals surface area contributed by atoms with E-state index in [9.17, 15) is 8.42 Å². The fourth-order valence-electron chi connectivity index (χ4n) is 4.68. The Bertz CT molecular complexity index is 1530. The molecule has 1 aliphatic heterocycles. The van der Waals surface area contributed by atoms with Crippen LogP contribution in [0.15, 0.2) is 64.0 Å². The van der Waals surface area contributed by atoms with Crippen LogP contribution in [0.2, 0.25) is 0 Å². The first-order valence-electron chi connectivity index (χ1n) is 12.2. The molecule has 208 valence electrons. The lowest BCUT2D eigenvalue weighted by molar-refractivity contribution is 0.373. The summed E-state index contributed by atoms with van der Waals surface area (Å²) in [4.78, 5) is 2.23. The summed E-state index contributed by atoms with van der Waals surface area (Å²) < 4.78 is 51.1. The van der Waals surface area contributed by atoms with Crippen molar-refractivity contribution in [1.29, 1.82) is 0 Å². The number of nitrogens with zero attached hydrogens (tertiary/aromatic N) is 2. The fraction of sp³-hybridized carbons (Fsp3) is 0.296. The Balaban J connectivity index is 0.00000353. The molecule has 1 aliphatic rings. The highest BCUT2D eigenvalue weighted by atomic mass is 35.5. The van der Waals surface area contributed by atoms with E-state index in [2.05, 4.69) is 32.2 Å². The minimum atomic E-state index is -4.16. The molecule has 0 aliphatic carbocycles. The number of rotatable bonds is 8. The van der Waals surface area contributed by atoms with Crippen molar-refractivity contribution >= 4 is 44.9 Å². The van der Waals surface area contributed by atoms with E-state index in [4.69, 9.17) is 18.7 Å². The molecule has 12 heteroatoms. The average molecular weight is 575 g/mol. The molecule has 39 heavy (non-hydrogen) atoms. The molecule has 0 atom stereocenters. The van der Waals surface area contributed by atoms with Crippen LogP contribution in [-0.2, 0) is 10.0 Å². The number of halogens is 1. The van der Waals surface area contributed by atoms with Gasteiger partial charge in [0.2, 0.25) is 0 Å². The summed E-state index contributed by atoms with van der Waals surface area (Å²) in [5.41, 5.74) is 3.37. The Morgan fingerprint density at radius 1 is 0.897 bits per heavy atom. The highest BCUT2D eigenvalue weighted by molar-refractivity contribution is 7.93. The molecule has 0 spiro atoms. The summed E-state index contributed by atoms with van der Waals surface area (Å²) in [6, 6.07) is 16.7. The summed E-state index contributed by atoms with van der Waals surface area (Å²) in [6.45, 7) is 3.89. The van der Waals surface area contributed by atoms with Crippen LogP contribution in [0, 0.1) is 0 Å². The molecule has 0 bridgehead atoms. The van der Waals surface area contributed by atoms with Gasteiger partial charge in [-0.2, -0.15) is 0 Å². The van der Waals surface area contributed by atoms with Crippen molar-refractivity contribution < 1.29 is 27.2 Å². The maximum Gasteiger partial charge on any atom is 0.270 e. The Morgan fingerprint density at radius 2 is 1.62 bits per heavy atom. The third kappa shape index (κ3) is 5.70. The molecule has 0 radical (unpaired) electrons. The van der Waals surface area contributed by atoms with E-state index >= 15 is 0 Å². The predicted octanol–water partition coefficient (Wildman–Crippen LogP) is 4.54. The van der Waals surface area contributed by atoms with Crippen LogP contribution in [0.3, 0.4) is 0 Å². The number of anilines is 2. The molecule has 1 aromatic heterocycles. The average Bonchev–Trinajstić information content (AvgIpc) is 3.14. The van der Waals surface area contributed by atoms with Gasteiger partial charge in [-0.1, -0.05) is 23.4 Å². The van der Waals surface area contributed by atoms with Gasteiger partial charge in [-0.25, -0.2) is 8.42 Å². The zero-order valence-corrected chi connectivity index (χ0v) is 23.5. The minimum Gasteiger partial charge on any atom is -0.496 e. The summed E-state index contributed by atoms with van der Waals surface area (Å²) in [6.07, 6.45) is 1.08. The molecule has 10 nitrogen and oxygen atoms in total. The van der Waals surface area contributed by atoms with Gasteiger partial charge in [0.15, 0.2) is 16.3 Å². The van der Waals surface area contributed by atoms with Gasteiger partial charge in [-0.05, 0) is 60.5 Å². The molecule has 1 fully saturated rings. The standard InChI is InChI=1S/C27H30N4O6S.ClH/c1-34-21-9-5-10-22(35-2)26(21)38(32,33)30-27-25-23(36-3)16-19(17-24(25)37-29-27)18-7-4-8-20(15-18)31-13-6-11-28-12-14-31;/h4-5,7-10,15-17,28H,6,11-14H2,1-3H3,(H,29,30);1H. The first-order chi connectivity index (χ1) is 18.4. The first-order valence-corrected chi connectivity index (χ1v) is 13.7. The van der Waals surface area contributed by atoms with Crippen LogP contribution < -0.4 is 29.1 Å². The van der Waals surface area contributed by atoms with Crippen LogP contribution in [0.1, 0.15) is 6.42 Å². The third-order valence-corrected chi connectivity index (χ3v) is 7.93. The fourth-order valence-corrected chi connectivity index (χ4v) is 6.01. The summed E-state index contributed by atoms with van der Waals surface area (Å²) in [7, 11) is 0.147. The number of nitrogens with one attached hydrogen (secondary N) is 2. The largest absolute Gasteiger partial charge is 0.496 e. The number of benzene rings is 3. The van der Waals surface area contributed by atoms with E-state index < -0.39 is 10.0 Å². The molecule has 0 amide bonds. The van der Waals surface area contributed by atoms with Crippen molar-refractivity contribution in [3.05, 3.63) is 54.6 Å². The number of aromatic nitrogens is 1. The van der Waals surface area contributed by atoms with Crippen molar-refractivity contribution in [2.45, 2.75) is 11.3 Å². The van der Waals surface area contributed by atoms with Crippen molar-refractivity contribution in [2.24, 2.45) is 0 Å². The highest BCUT2D eigenvalue weighted by Gasteiger charge is 2.28. The van der Waals surface area contributed by atoms with Crippen LogP contribution in [0.5, 0.6) is 17.2 Å². The smallest absolute Gasteiger partial charge is 0.270 e. The topological polar surface area (TPSA) is 115 Å². The van der Waals surface area contributed by atoms with Crippen LogP contribution in [0.25, 0.3) is 22.1 Å². The Morgan fingerprint density at radius 3 is 2.33 bits per heavy atom. The minimum absolute atomic E-state index is 0. The van der Waals surface area contributed by atoms with Gasteiger partial charge in [0.25, 0.3) is 10.0 Å². The number of fused-ring (bicyclic) bond motifs is 1. The van der Waals surface area contributed by atoms with E-state index in [-0.39, 0.29) is 34.6 Å². The molecular formula is C27H31ClN4O6S. The van der Waals surface area contributed by atoms with Crippen LogP contribution >= 0.6 is 12.4 Å². The SMILES string of the molecule is COc1cccc(OC)c1S(=O)(=O)Nc1noc2cc(-c3cccc(N4CCCNCC4)c3)cc(OC)c12.Cl. The first kappa shape index (κ1) is 28.3. The van der Waals surface area contributed by atoms with Crippen molar-refractivity contribution in [2.75, 3.05) is 57.1 Å². The lowest BCUT2D eigenvalue weighted by Gasteiger charge is -2.23. The lowest BCUT2D eigenvalue weighted by Crippen LogP contribution is -2.27. The van der Waals surface area contributed by atoms with Gasteiger partial charge >= 0.3 is 0 Å². The monoisotopic (exact) mass is 574 g/mol. The number of methoxy groups -OCH3 is 3. The normalized spacial score (nSPS) is 13.9. The Labute approximate surface area is 233 Å². The van der Waals surface area contributed by atoms with E-state index in [1.54, 1.807) is 18.2 Å². The van der Waals surface area contributed by atoms with E-state index in [1.807, 2.05) is 24.3 Å². The maximum atomic E-state index is 13.4. The molecule has 5 rings (SSSR count). The number of hydrogen-bond donors (Lipinski definition) is 2. The molecule has 0 saturated carbocycles. The second-order valence-electron chi connectivity index (χ2n) is 8.82. The molecule has 4 aromatic rings. The molecule has 2 N–H and O–H groups in total. The Hall–Kier alpha value is -3.67. The van der Waals surface area contributed by atoms with Crippen LogP contribution in [-0.4, -0.2) is 61.1 Å². The second kappa shape index (κ2) is 12.0. The van der Waals surface area contributed by atoms with Gasteiger partial charge in [0.1, 0.15) is 22.6 Å². The van der Waals surface area contributed by atoms with Crippen molar-refractivity contribution in [1.82, 2.24) is 10.5 Å². The highest BCUT2D eigenvalue weighted by Crippen LogP contribution is 2.40. The molecule has 1 saturated heterocycles. The van der Waals surface area contributed by atoms with Gasteiger partial charge in [-0.3, -0.25) is 4.72 Å². The van der Waals surface area contributed by atoms with Gasteiger partial charge in [0.05, 0.1) is 21.3 Å². The van der Waals surface area contributed by atoms with E-state index in [0.29, 0.717) is 16.7 Å². The predicted molar refractivity (Wildman–Crippen MR) is 153 cm³/mol. The maximum absolute atomic E-state index is 13.4. The summed E-state index contributed by atoms with van der Waals surface area (Å²) >= 11 is 0. The summed E-state index contributed by atoms with van der Waals surface area (Å²) in [5, 5.41) is 7.86.